The predicted octanol–water partition coefficient (Wildman–Crippen LogP) is 33.7. The molecule has 4 aromatic carbocycles. The first-order chi connectivity index (χ1) is 59.0. The van der Waals surface area contributed by atoms with E-state index in [-0.39, 0.29) is 65.0 Å². The molecule has 4 aromatic rings. The summed E-state index contributed by atoms with van der Waals surface area (Å²) in [5.41, 5.74) is -11.6. The number of ether oxygens (including phenoxy) is 12. The molecule has 0 amide bonds. The van der Waals surface area contributed by atoms with Gasteiger partial charge in [-0.3, -0.25) is 0 Å². The van der Waals surface area contributed by atoms with E-state index < -0.39 is 85.3 Å². The minimum absolute atomic E-state index is 0.141. The SMILES string of the molecule is CC(C)(C)CC(C)(C)Oc1cc(OC(C)(C)CC(C)(C)C)c([Si](O[Si](c2cc(OC(C)(C)CC(C)(C)C)c(OC(C)(C)CC(C)(C)C)cc2OC(C)(C)CC(C)(C)C)c2cc(OC(C)(C)CC(C)(C)C)c(OC(C)(C)CC(C)(C)C)cc2OC(C)(C)CC(C)(C)C)c2cc(OC(C)(C)CC(C)(C)C)c(OC(C)(C)CC(C)(C)C)cc2OC(C)(C)CC(C)(C)C)cc1OC(C)(C)CC(C)(C)C. The molecule has 0 heterocycles. The standard InChI is InChI=1S/C120H212O13Si2/c1-97(2,3)69-109(37,38)121-81-61-89(129-117(53,54)77-105(25,26)27)93(65-85(81)125-113(45,46)73-101(13,14)15)134(94-66-86(126-114(47,48)74-102(16,17)18)82(122-110(39,40)70-98(4,5)6)62-90(94)130-118(55,56)78-106(28,29)30)133-135(95-67-87(127-115(49,50)75-103(19,20)21)83(123-111(41,42)71-99(7,8)9)63-91(95)131-119(57,58)79-107(31,32)33)96-68-88(128-116(51,52)76-104(22,23)24)84(124-112(43,44)72-100(10,11)12)64-92(96)132-120(59,60)80-108(34,35)36/h61-68H,69-80H2,1-60H3. The molecule has 0 aliphatic carbocycles. The highest BCUT2D eigenvalue weighted by Gasteiger charge is 2.48. The Bertz CT molecular complexity index is 3940. The number of hydrogen-bond acceptors (Lipinski definition) is 13. The fraction of sp³-hybridized carbons (Fsp3) is 0.800. The summed E-state index contributed by atoms with van der Waals surface area (Å²) in [6, 6.07) is 17.5. The van der Waals surface area contributed by atoms with E-state index in [0.29, 0.717) is 146 Å². The molecular weight excluding hydrogens is 1710 g/mol. The van der Waals surface area contributed by atoms with Crippen molar-refractivity contribution >= 4 is 38.8 Å². The highest BCUT2D eigenvalue weighted by atomic mass is 28.4. The van der Waals surface area contributed by atoms with Gasteiger partial charge in [-0.05, 0) is 332 Å². The van der Waals surface area contributed by atoms with Crippen LogP contribution >= 0.6 is 0 Å². The first-order valence-corrected chi connectivity index (χ1v) is 54.2. The molecule has 0 N–H and O–H groups in total. The molecule has 778 valence electrons. The second-order valence-electron chi connectivity index (χ2n) is 63.1. The van der Waals surface area contributed by atoms with Gasteiger partial charge in [-0.25, -0.2) is 0 Å². The molecule has 0 bridgehead atoms. The first-order valence-electron chi connectivity index (χ1n) is 51.4. The molecule has 135 heavy (non-hydrogen) atoms. The molecule has 0 fully saturated rings. The Balaban J connectivity index is 3.12. The van der Waals surface area contributed by atoms with Crippen molar-refractivity contribution in [3.8, 4) is 69.0 Å². The van der Waals surface area contributed by atoms with Crippen LogP contribution in [-0.2, 0) is 4.12 Å². The molecule has 0 unspecified atom stereocenters. The van der Waals surface area contributed by atoms with Gasteiger partial charge in [0.05, 0.1) is 0 Å². The molecule has 0 spiro atoms. The second-order valence-corrected chi connectivity index (χ2v) is 67.4. The van der Waals surface area contributed by atoms with Crippen LogP contribution in [0.1, 0.15) is 492 Å². The molecule has 15 heteroatoms. The quantitative estimate of drug-likeness (QED) is 0.0392. The highest BCUT2D eigenvalue weighted by Crippen LogP contribution is 2.51. The van der Waals surface area contributed by atoms with Crippen LogP contribution in [0.5, 0.6) is 69.0 Å². The van der Waals surface area contributed by atoms with Crippen molar-refractivity contribution in [1.29, 1.82) is 0 Å². The Kier molecular flexibility index (Phi) is 37.4. The zero-order valence-electron chi connectivity index (χ0n) is 99.4. The van der Waals surface area contributed by atoms with Crippen LogP contribution in [0.3, 0.4) is 0 Å². The van der Waals surface area contributed by atoms with Gasteiger partial charge in [0, 0.05) is 45.0 Å². The summed E-state index contributed by atoms with van der Waals surface area (Å²) in [6.07, 6.45) is 8.25. The van der Waals surface area contributed by atoms with Gasteiger partial charge in [-0.1, -0.05) is 249 Å². The summed E-state index contributed by atoms with van der Waals surface area (Å²) in [6.45, 7) is 135. The molecule has 0 saturated heterocycles. The highest BCUT2D eigenvalue weighted by molar-refractivity contribution is 6.93. The van der Waals surface area contributed by atoms with Crippen molar-refractivity contribution in [2.75, 3.05) is 0 Å². The lowest BCUT2D eigenvalue weighted by Gasteiger charge is -2.40. The van der Waals surface area contributed by atoms with Crippen molar-refractivity contribution in [1.82, 2.24) is 0 Å². The minimum Gasteiger partial charge on any atom is -0.488 e. The monoisotopic (exact) mass is 1920 g/mol. The van der Waals surface area contributed by atoms with Crippen LogP contribution in [0, 0.1) is 65.0 Å². The lowest BCUT2D eigenvalue weighted by atomic mass is 9.83. The molecule has 2 radical (unpaired) electrons. The molecule has 13 nitrogen and oxygen atoms in total. The van der Waals surface area contributed by atoms with Gasteiger partial charge in [0.25, 0.3) is 18.1 Å². The number of rotatable bonds is 42. The van der Waals surface area contributed by atoms with Gasteiger partial charge in [0.1, 0.15) is 90.2 Å². The molecule has 0 atom stereocenters. The van der Waals surface area contributed by atoms with E-state index in [1.54, 1.807) is 0 Å². The zero-order chi connectivity index (χ0) is 106. The fourth-order valence-electron chi connectivity index (χ4n) is 23.8. The minimum atomic E-state index is -3.25. The van der Waals surface area contributed by atoms with Gasteiger partial charge >= 0.3 is 0 Å². The van der Waals surface area contributed by atoms with E-state index in [1.807, 2.05) is 0 Å². The third-order valence-corrected chi connectivity index (χ3v) is 26.6. The summed E-state index contributed by atoms with van der Waals surface area (Å²) in [7, 11) is -6.49. The lowest BCUT2D eigenvalue weighted by molar-refractivity contribution is 0.0341. The summed E-state index contributed by atoms with van der Waals surface area (Å²) >= 11 is 0. The van der Waals surface area contributed by atoms with Crippen LogP contribution in [0.15, 0.2) is 48.5 Å². The molecule has 0 aliphatic rings. The van der Waals surface area contributed by atoms with Crippen LogP contribution in [0.4, 0.5) is 0 Å². The molecule has 0 saturated carbocycles. The van der Waals surface area contributed by atoms with Crippen molar-refractivity contribution < 1.29 is 61.0 Å². The van der Waals surface area contributed by atoms with E-state index >= 15 is 0 Å². The van der Waals surface area contributed by atoms with Gasteiger partial charge in [-0.15, -0.1) is 0 Å². The normalized spacial score (nSPS) is 14.7. The largest absolute Gasteiger partial charge is 0.488 e. The maximum absolute atomic E-state index is 9.61. The summed E-state index contributed by atoms with van der Waals surface area (Å²) in [5, 5.41) is 2.93. The van der Waals surface area contributed by atoms with Gasteiger partial charge in [0.2, 0.25) is 0 Å². The molecule has 0 aliphatic heterocycles. The third kappa shape index (κ3) is 46.7. The smallest absolute Gasteiger partial charge is 0.280 e. The van der Waals surface area contributed by atoms with Crippen molar-refractivity contribution in [3.63, 3.8) is 0 Å². The van der Waals surface area contributed by atoms with Crippen LogP contribution in [-0.4, -0.2) is 85.3 Å². The Morgan fingerprint density at radius 2 is 0.207 bits per heavy atom. The number of hydrogen-bond donors (Lipinski definition) is 0. The predicted molar refractivity (Wildman–Crippen MR) is 582 cm³/mol. The van der Waals surface area contributed by atoms with E-state index in [1.165, 1.54) is 0 Å². The van der Waals surface area contributed by atoms with E-state index in [9.17, 15) is 4.12 Å². The van der Waals surface area contributed by atoms with Crippen molar-refractivity contribution in [2.45, 2.75) is 560 Å². The van der Waals surface area contributed by atoms with E-state index in [0.717, 1.165) is 20.7 Å². The van der Waals surface area contributed by atoms with Crippen LogP contribution in [0.25, 0.3) is 0 Å². The number of benzene rings is 4. The average Bonchev–Trinajstić information content (AvgIpc) is 0.741. The Labute approximate surface area is 836 Å². The van der Waals surface area contributed by atoms with Crippen molar-refractivity contribution in [2.24, 2.45) is 65.0 Å². The molecule has 0 aromatic heterocycles. The fourth-order valence-corrected chi connectivity index (χ4v) is 29.4. The Morgan fingerprint density at radius 1 is 0.126 bits per heavy atom. The average molecular weight is 1920 g/mol. The van der Waals surface area contributed by atoms with Gasteiger partial charge < -0.3 is 61.0 Å². The second kappa shape index (κ2) is 41.3. The topological polar surface area (TPSA) is 120 Å². The maximum Gasteiger partial charge on any atom is 0.280 e. The van der Waals surface area contributed by atoms with E-state index in [2.05, 4.69) is 464 Å². The Morgan fingerprint density at radius 3 is 0.296 bits per heavy atom. The lowest BCUT2D eigenvalue weighted by Crippen LogP contribution is -2.58. The van der Waals surface area contributed by atoms with E-state index in [4.69, 9.17) is 56.8 Å². The summed E-state index contributed by atoms with van der Waals surface area (Å²) in [4.78, 5) is 0. The zero-order valence-corrected chi connectivity index (χ0v) is 101. The maximum atomic E-state index is 9.61. The van der Waals surface area contributed by atoms with Crippen LogP contribution < -0.4 is 77.6 Å². The summed E-state index contributed by atoms with van der Waals surface area (Å²) < 4.78 is 105. The van der Waals surface area contributed by atoms with Gasteiger partial charge in [0.15, 0.2) is 46.0 Å². The molecule has 4 rings (SSSR count). The van der Waals surface area contributed by atoms with Gasteiger partial charge in [-0.2, -0.15) is 0 Å². The molecular formula is C120H212O13Si2. The third-order valence-electron chi connectivity index (χ3n) is 21.5. The van der Waals surface area contributed by atoms with Crippen LogP contribution in [0.2, 0.25) is 0 Å². The first kappa shape index (κ1) is 122. The van der Waals surface area contributed by atoms with Crippen molar-refractivity contribution in [3.05, 3.63) is 48.5 Å². The summed E-state index contributed by atoms with van der Waals surface area (Å²) in [5.74, 6) is 6.59. The Hall–Kier alpha value is -5.13.